The number of thioether (sulfide) groups is 1. The van der Waals surface area contributed by atoms with Crippen molar-refractivity contribution in [3.63, 3.8) is 0 Å². The van der Waals surface area contributed by atoms with E-state index in [4.69, 9.17) is 5.73 Å². The number of fused-ring (bicyclic) bond motifs is 1. The largest absolute Gasteiger partial charge is 0.399 e. The van der Waals surface area contributed by atoms with Crippen LogP contribution >= 0.6 is 23.1 Å². The monoisotopic (exact) mass is 459 g/mol. The molecular formula is C25H21N3O2S2. The summed E-state index contributed by atoms with van der Waals surface area (Å²) in [5.74, 6) is -0.109. The number of thiophene rings is 1. The van der Waals surface area contributed by atoms with Crippen LogP contribution in [0.25, 0.3) is 0 Å². The number of benzene rings is 2. The smallest absolute Gasteiger partial charge is 0.248 e. The number of anilines is 2. The first kappa shape index (κ1) is 20.8. The minimum absolute atomic E-state index is 0.123. The molecule has 7 heteroatoms. The van der Waals surface area contributed by atoms with Crippen LogP contribution < -0.4 is 10.6 Å². The third-order valence-corrected chi connectivity index (χ3v) is 8.49. The van der Waals surface area contributed by atoms with Crippen LogP contribution in [0.2, 0.25) is 0 Å². The number of rotatable bonds is 4. The molecule has 2 aromatic carbocycles. The summed E-state index contributed by atoms with van der Waals surface area (Å²) in [4.78, 5) is 29.3. The standard InChI is InChI=1S/C25H21N3O2S2/c26-14-20-19-10-9-16(15-5-2-1-3-6-15)11-21(19)32-25(20)28-23(29)13-22(24(28)30)31-18-8-4-7-17(27)12-18/h1-8,12,16,22H,9-11,13,27H2. The molecule has 2 amide bonds. The average Bonchev–Trinajstić information content (AvgIpc) is 3.29. The molecule has 3 aromatic rings. The van der Waals surface area contributed by atoms with Crippen molar-refractivity contribution >= 4 is 45.6 Å². The van der Waals surface area contributed by atoms with Crippen LogP contribution in [-0.4, -0.2) is 17.1 Å². The summed E-state index contributed by atoms with van der Waals surface area (Å²) in [6, 6.07) is 20.0. The number of carbonyl (C=O) groups excluding carboxylic acids is 2. The fraction of sp³-hybridized carbons (Fsp3) is 0.240. The first-order valence-corrected chi connectivity index (χ1v) is 12.2. The molecule has 0 saturated carbocycles. The molecule has 1 aromatic heterocycles. The lowest BCUT2D eigenvalue weighted by atomic mass is 9.83. The summed E-state index contributed by atoms with van der Waals surface area (Å²) in [7, 11) is 0. The summed E-state index contributed by atoms with van der Waals surface area (Å²) in [6.45, 7) is 0. The molecule has 1 fully saturated rings. The van der Waals surface area contributed by atoms with Gasteiger partial charge in [-0.15, -0.1) is 23.1 Å². The summed E-state index contributed by atoms with van der Waals surface area (Å²) in [5.41, 5.74) is 9.26. The van der Waals surface area contributed by atoms with Crippen molar-refractivity contribution in [2.75, 3.05) is 10.6 Å². The van der Waals surface area contributed by atoms with Gasteiger partial charge in [0, 0.05) is 21.9 Å². The maximum Gasteiger partial charge on any atom is 0.248 e. The molecule has 5 nitrogen and oxygen atoms in total. The van der Waals surface area contributed by atoms with E-state index < -0.39 is 5.25 Å². The van der Waals surface area contributed by atoms with Gasteiger partial charge < -0.3 is 5.73 Å². The Bertz CT molecular complexity index is 1250. The topological polar surface area (TPSA) is 87.2 Å². The van der Waals surface area contributed by atoms with Gasteiger partial charge in [-0.25, -0.2) is 4.90 Å². The molecule has 2 aliphatic rings. The molecule has 2 atom stereocenters. The zero-order chi connectivity index (χ0) is 22.2. The van der Waals surface area contributed by atoms with E-state index >= 15 is 0 Å². The highest BCUT2D eigenvalue weighted by Gasteiger charge is 2.43. The second kappa shape index (κ2) is 8.45. The highest BCUT2D eigenvalue weighted by atomic mass is 32.2. The quantitative estimate of drug-likeness (QED) is 0.443. The Morgan fingerprint density at radius 3 is 2.66 bits per heavy atom. The molecule has 5 rings (SSSR count). The van der Waals surface area contributed by atoms with E-state index in [1.54, 1.807) is 12.1 Å². The minimum atomic E-state index is -0.507. The van der Waals surface area contributed by atoms with Crippen molar-refractivity contribution < 1.29 is 9.59 Å². The number of nitrogen functional groups attached to an aromatic ring is 1. The Hall–Kier alpha value is -3.08. The molecule has 0 bridgehead atoms. The molecule has 1 aliphatic carbocycles. The van der Waals surface area contributed by atoms with Crippen molar-refractivity contribution in [2.24, 2.45) is 0 Å². The minimum Gasteiger partial charge on any atom is -0.399 e. The fourth-order valence-corrected chi connectivity index (χ4v) is 7.04. The number of nitrogens with zero attached hydrogens (tertiary/aromatic N) is 2. The number of carbonyl (C=O) groups is 2. The Labute approximate surface area is 194 Å². The van der Waals surface area contributed by atoms with Crippen molar-refractivity contribution in [1.29, 1.82) is 5.26 Å². The summed E-state index contributed by atoms with van der Waals surface area (Å²) >= 11 is 2.78. The number of amides is 2. The molecular weight excluding hydrogens is 438 g/mol. The number of imide groups is 1. The number of hydrogen-bond donors (Lipinski definition) is 1. The van der Waals surface area contributed by atoms with Gasteiger partial charge in [-0.2, -0.15) is 5.26 Å². The molecule has 0 radical (unpaired) electrons. The third kappa shape index (κ3) is 3.70. The second-order valence-electron chi connectivity index (χ2n) is 8.10. The average molecular weight is 460 g/mol. The normalized spacial score (nSPS) is 20.3. The van der Waals surface area contributed by atoms with Gasteiger partial charge in [-0.05, 0) is 54.5 Å². The van der Waals surface area contributed by atoms with Crippen molar-refractivity contribution in [3.05, 3.63) is 76.2 Å². The number of nitrogens with two attached hydrogens (primary N) is 1. The van der Waals surface area contributed by atoms with Crippen LogP contribution in [0.15, 0.2) is 59.5 Å². The van der Waals surface area contributed by atoms with E-state index in [2.05, 4.69) is 18.2 Å². The van der Waals surface area contributed by atoms with Crippen LogP contribution in [0.3, 0.4) is 0 Å². The SMILES string of the molecule is N#Cc1c(N2C(=O)CC(Sc3cccc(N)c3)C2=O)sc2c1CCC(c1ccccc1)C2. The van der Waals surface area contributed by atoms with Crippen LogP contribution in [0.4, 0.5) is 10.7 Å². The van der Waals surface area contributed by atoms with E-state index in [0.717, 1.165) is 34.6 Å². The Kier molecular flexibility index (Phi) is 5.50. The lowest BCUT2D eigenvalue weighted by Gasteiger charge is -2.22. The zero-order valence-corrected chi connectivity index (χ0v) is 18.9. The second-order valence-corrected chi connectivity index (χ2v) is 10.5. The summed E-state index contributed by atoms with van der Waals surface area (Å²) in [6.07, 6.45) is 2.69. The van der Waals surface area contributed by atoms with E-state index in [-0.39, 0.29) is 18.2 Å². The van der Waals surface area contributed by atoms with Gasteiger partial charge in [0.15, 0.2) is 0 Å². The van der Waals surface area contributed by atoms with Crippen LogP contribution in [0.1, 0.15) is 40.3 Å². The summed E-state index contributed by atoms with van der Waals surface area (Å²) < 4.78 is 0. The van der Waals surface area contributed by atoms with Crippen molar-refractivity contribution in [2.45, 2.75) is 41.7 Å². The molecule has 32 heavy (non-hydrogen) atoms. The Morgan fingerprint density at radius 1 is 1.09 bits per heavy atom. The molecule has 2 unspecified atom stereocenters. The van der Waals surface area contributed by atoms with E-state index in [1.807, 2.05) is 30.3 Å². The van der Waals surface area contributed by atoms with Gasteiger partial charge >= 0.3 is 0 Å². The van der Waals surface area contributed by atoms with E-state index in [0.29, 0.717) is 22.2 Å². The van der Waals surface area contributed by atoms with Crippen LogP contribution in [0.5, 0.6) is 0 Å². The van der Waals surface area contributed by atoms with Gasteiger partial charge in [-0.3, -0.25) is 9.59 Å². The maximum absolute atomic E-state index is 13.2. The van der Waals surface area contributed by atoms with Crippen molar-refractivity contribution in [3.8, 4) is 6.07 Å². The van der Waals surface area contributed by atoms with Gasteiger partial charge in [0.1, 0.15) is 11.1 Å². The van der Waals surface area contributed by atoms with Crippen LogP contribution in [0, 0.1) is 11.3 Å². The predicted octanol–water partition coefficient (Wildman–Crippen LogP) is 4.90. The number of nitriles is 1. The fourth-order valence-electron chi connectivity index (χ4n) is 4.52. The molecule has 2 N–H and O–H groups in total. The maximum atomic E-state index is 13.2. The highest BCUT2D eigenvalue weighted by Crippen LogP contribution is 2.45. The Morgan fingerprint density at radius 2 is 1.91 bits per heavy atom. The lowest BCUT2D eigenvalue weighted by Crippen LogP contribution is -2.31. The lowest BCUT2D eigenvalue weighted by molar-refractivity contribution is -0.121. The Balaban J connectivity index is 1.43. The molecule has 1 aliphatic heterocycles. The van der Waals surface area contributed by atoms with Gasteiger partial charge in [0.05, 0.1) is 10.8 Å². The molecule has 2 heterocycles. The van der Waals surface area contributed by atoms with Crippen LogP contribution in [-0.2, 0) is 22.4 Å². The third-order valence-electron chi connectivity index (χ3n) is 6.07. The first-order valence-electron chi connectivity index (χ1n) is 10.5. The predicted molar refractivity (Wildman–Crippen MR) is 128 cm³/mol. The zero-order valence-electron chi connectivity index (χ0n) is 17.3. The van der Waals surface area contributed by atoms with Gasteiger partial charge in [0.25, 0.3) is 0 Å². The summed E-state index contributed by atoms with van der Waals surface area (Å²) in [5, 5.41) is 9.89. The van der Waals surface area contributed by atoms with Gasteiger partial charge in [-0.1, -0.05) is 36.4 Å². The highest BCUT2D eigenvalue weighted by molar-refractivity contribution is 8.00. The molecule has 160 valence electrons. The number of hydrogen-bond acceptors (Lipinski definition) is 6. The van der Waals surface area contributed by atoms with Crippen molar-refractivity contribution in [1.82, 2.24) is 0 Å². The molecule has 1 saturated heterocycles. The van der Waals surface area contributed by atoms with E-state index in [9.17, 15) is 14.9 Å². The van der Waals surface area contributed by atoms with E-state index in [1.165, 1.54) is 33.6 Å². The van der Waals surface area contributed by atoms with Gasteiger partial charge in [0.2, 0.25) is 11.8 Å². The molecule has 0 spiro atoms. The first-order chi connectivity index (χ1) is 15.5.